The van der Waals surface area contributed by atoms with Crippen LogP contribution in [-0.2, 0) is 17.6 Å². The fraction of sp³-hybridized carbons (Fsp3) is 0.200. The molecule has 0 radical (unpaired) electrons. The molecule has 0 spiro atoms. The highest BCUT2D eigenvalue weighted by Crippen LogP contribution is 2.25. The van der Waals surface area contributed by atoms with Gasteiger partial charge in [0, 0.05) is 17.6 Å². The summed E-state index contributed by atoms with van der Waals surface area (Å²) in [4.78, 5) is 12.5. The Kier molecular flexibility index (Phi) is 6.65. The van der Waals surface area contributed by atoms with Crippen molar-refractivity contribution >= 4 is 34.6 Å². The van der Waals surface area contributed by atoms with Crippen molar-refractivity contribution in [2.75, 3.05) is 16.4 Å². The summed E-state index contributed by atoms with van der Waals surface area (Å²) < 4.78 is 0. The Balaban J connectivity index is 2.23. The number of aryl methyl sites for hydroxylation is 2. The van der Waals surface area contributed by atoms with Crippen LogP contribution in [0.1, 0.15) is 25.0 Å². The van der Waals surface area contributed by atoms with Crippen molar-refractivity contribution in [3.05, 3.63) is 64.3 Å². The molecule has 0 unspecified atom stereocenters. The van der Waals surface area contributed by atoms with Gasteiger partial charge in [-0.05, 0) is 42.2 Å². The van der Waals surface area contributed by atoms with Crippen LogP contribution in [0.3, 0.4) is 0 Å². The number of nitrogens with one attached hydrogen (secondary N) is 2. The molecule has 0 bridgehead atoms. The number of nitrogen functional groups attached to an aromatic ring is 1. The molecule has 6 heteroatoms. The zero-order valence-corrected chi connectivity index (χ0v) is 15.5. The number of amides is 1. The lowest BCUT2D eigenvalue weighted by molar-refractivity contribution is -0.112. The first-order valence-electron chi connectivity index (χ1n) is 8.34. The zero-order valence-electron chi connectivity index (χ0n) is 14.8. The van der Waals surface area contributed by atoms with E-state index < -0.39 is 5.91 Å². The molecule has 26 heavy (non-hydrogen) atoms. The third kappa shape index (κ3) is 4.56. The van der Waals surface area contributed by atoms with E-state index in [1.807, 2.05) is 38.1 Å². The smallest absolute Gasteiger partial charge is 0.267 e. The van der Waals surface area contributed by atoms with Gasteiger partial charge in [-0.2, -0.15) is 5.26 Å². The molecule has 0 aromatic heterocycles. The van der Waals surface area contributed by atoms with Gasteiger partial charge in [-0.25, -0.2) is 0 Å². The molecule has 0 aliphatic rings. The van der Waals surface area contributed by atoms with E-state index in [1.54, 1.807) is 18.2 Å². The maximum Gasteiger partial charge on any atom is 0.267 e. The molecule has 1 amide bonds. The predicted molar refractivity (Wildman–Crippen MR) is 107 cm³/mol. The quantitative estimate of drug-likeness (QED) is 0.397. The van der Waals surface area contributed by atoms with Gasteiger partial charge in [-0.3, -0.25) is 4.79 Å². The lowest BCUT2D eigenvalue weighted by Crippen LogP contribution is -2.17. The minimum absolute atomic E-state index is 0.0501. The summed E-state index contributed by atoms with van der Waals surface area (Å²) in [5.41, 5.74) is 9.53. The molecule has 0 heterocycles. The molecule has 2 aromatic rings. The number of carbonyl (C=O) groups excluding carboxylic acids is 1. The number of halogens is 1. The molecule has 0 saturated carbocycles. The van der Waals surface area contributed by atoms with Crippen molar-refractivity contribution in [3.63, 3.8) is 0 Å². The molecule has 0 atom stereocenters. The molecule has 0 aliphatic heterocycles. The van der Waals surface area contributed by atoms with Gasteiger partial charge in [0.05, 0.1) is 10.7 Å². The second-order valence-electron chi connectivity index (χ2n) is 5.67. The summed E-state index contributed by atoms with van der Waals surface area (Å²) >= 11 is 6.09. The number of para-hydroxylation sites is 1. The molecular weight excluding hydrogens is 348 g/mol. The van der Waals surface area contributed by atoms with Gasteiger partial charge in [0.15, 0.2) is 0 Å². The van der Waals surface area contributed by atoms with Crippen molar-refractivity contribution in [1.29, 1.82) is 5.26 Å². The number of rotatable bonds is 6. The number of nitriles is 1. The molecule has 0 fully saturated rings. The third-order valence-electron chi connectivity index (χ3n) is 3.97. The minimum Gasteiger partial charge on any atom is -0.399 e. The molecule has 0 aliphatic carbocycles. The first-order valence-corrected chi connectivity index (χ1v) is 8.71. The summed E-state index contributed by atoms with van der Waals surface area (Å²) in [6.07, 6.45) is 2.91. The number of benzene rings is 2. The minimum atomic E-state index is -0.470. The van der Waals surface area contributed by atoms with Gasteiger partial charge >= 0.3 is 0 Å². The van der Waals surface area contributed by atoms with Crippen LogP contribution in [0.2, 0.25) is 5.02 Å². The van der Waals surface area contributed by atoms with E-state index in [0.717, 1.165) is 29.7 Å². The van der Waals surface area contributed by atoms with Crippen molar-refractivity contribution < 1.29 is 4.79 Å². The Hall–Kier alpha value is -2.97. The summed E-state index contributed by atoms with van der Waals surface area (Å²) in [7, 11) is 0. The van der Waals surface area contributed by atoms with Crippen molar-refractivity contribution in [2.45, 2.75) is 26.7 Å². The Labute approximate surface area is 158 Å². The standard InChI is InChI=1S/C20H21ClN4O/c1-3-13-6-5-7-14(4-2)19(13)25-20(26)15(11-22)12-24-18-9-8-16(23)10-17(18)21/h5-10,12,24H,3-4,23H2,1-2H3,(H,25,26)/b15-12-. The summed E-state index contributed by atoms with van der Waals surface area (Å²) in [5, 5.41) is 15.5. The average molecular weight is 369 g/mol. The van der Waals surface area contributed by atoms with E-state index in [9.17, 15) is 10.1 Å². The lowest BCUT2D eigenvalue weighted by atomic mass is 10.0. The van der Waals surface area contributed by atoms with Crippen LogP contribution >= 0.6 is 11.6 Å². The number of carbonyl (C=O) groups is 1. The topological polar surface area (TPSA) is 90.9 Å². The van der Waals surface area contributed by atoms with Crippen LogP contribution in [0.5, 0.6) is 0 Å². The van der Waals surface area contributed by atoms with E-state index in [0.29, 0.717) is 16.4 Å². The summed E-state index contributed by atoms with van der Waals surface area (Å²) in [6.45, 7) is 4.05. The van der Waals surface area contributed by atoms with Gasteiger partial charge in [-0.15, -0.1) is 0 Å². The van der Waals surface area contributed by atoms with Crippen LogP contribution in [0, 0.1) is 11.3 Å². The summed E-state index contributed by atoms with van der Waals surface area (Å²) in [5.74, 6) is -0.470. The fourth-order valence-electron chi connectivity index (χ4n) is 2.53. The van der Waals surface area contributed by atoms with Gasteiger partial charge in [0.2, 0.25) is 0 Å². The lowest BCUT2D eigenvalue weighted by Gasteiger charge is -2.14. The van der Waals surface area contributed by atoms with E-state index in [2.05, 4.69) is 10.6 Å². The molecule has 5 nitrogen and oxygen atoms in total. The Morgan fingerprint density at radius 1 is 1.23 bits per heavy atom. The second kappa shape index (κ2) is 8.93. The second-order valence-corrected chi connectivity index (χ2v) is 6.07. The van der Waals surface area contributed by atoms with Gasteiger partial charge in [-0.1, -0.05) is 43.6 Å². The molecule has 4 N–H and O–H groups in total. The van der Waals surface area contributed by atoms with Crippen molar-refractivity contribution in [1.82, 2.24) is 0 Å². The molecule has 0 saturated heterocycles. The van der Waals surface area contributed by atoms with E-state index in [1.165, 1.54) is 6.20 Å². The maximum absolute atomic E-state index is 12.5. The van der Waals surface area contributed by atoms with Gasteiger partial charge in [0.1, 0.15) is 11.6 Å². The number of nitrogens with two attached hydrogens (primary N) is 1. The number of hydrogen-bond acceptors (Lipinski definition) is 4. The highest BCUT2D eigenvalue weighted by molar-refractivity contribution is 6.33. The first kappa shape index (κ1) is 19.4. The predicted octanol–water partition coefficient (Wildman–Crippen LogP) is 4.51. The number of nitrogens with zero attached hydrogens (tertiary/aromatic N) is 1. The van der Waals surface area contributed by atoms with Crippen molar-refractivity contribution in [2.24, 2.45) is 0 Å². The van der Waals surface area contributed by atoms with Crippen LogP contribution in [0.4, 0.5) is 17.1 Å². The van der Waals surface area contributed by atoms with Crippen LogP contribution in [0.15, 0.2) is 48.2 Å². The fourth-order valence-corrected chi connectivity index (χ4v) is 2.77. The Bertz CT molecular complexity index is 862. The number of anilines is 3. The Morgan fingerprint density at radius 3 is 2.42 bits per heavy atom. The average Bonchev–Trinajstić information content (AvgIpc) is 2.63. The molecule has 2 rings (SSSR count). The SMILES string of the molecule is CCc1cccc(CC)c1NC(=O)/C(C#N)=C\Nc1ccc(N)cc1Cl. The van der Waals surface area contributed by atoms with Crippen LogP contribution in [-0.4, -0.2) is 5.91 Å². The van der Waals surface area contributed by atoms with E-state index in [4.69, 9.17) is 17.3 Å². The van der Waals surface area contributed by atoms with Crippen molar-refractivity contribution in [3.8, 4) is 6.07 Å². The zero-order chi connectivity index (χ0) is 19.1. The normalized spacial score (nSPS) is 10.9. The van der Waals surface area contributed by atoms with Gasteiger partial charge in [0.25, 0.3) is 5.91 Å². The molecule has 2 aromatic carbocycles. The van der Waals surface area contributed by atoms with Crippen LogP contribution < -0.4 is 16.4 Å². The molecule has 134 valence electrons. The third-order valence-corrected chi connectivity index (χ3v) is 4.28. The maximum atomic E-state index is 12.5. The Morgan fingerprint density at radius 2 is 1.88 bits per heavy atom. The van der Waals surface area contributed by atoms with E-state index >= 15 is 0 Å². The monoisotopic (exact) mass is 368 g/mol. The summed E-state index contributed by atoms with van der Waals surface area (Å²) in [6, 6.07) is 12.8. The van der Waals surface area contributed by atoms with E-state index in [-0.39, 0.29) is 5.57 Å². The number of hydrogen-bond donors (Lipinski definition) is 3. The highest BCUT2D eigenvalue weighted by Gasteiger charge is 2.14. The molecular formula is C20H21ClN4O. The largest absolute Gasteiger partial charge is 0.399 e. The van der Waals surface area contributed by atoms with Gasteiger partial charge < -0.3 is 16.4 Å². The van der Waals surface area contributed by atoms with Crippen LogP contribution in [0.25, 0.3) is 0 Å². The highest BCUT2D eigenvalue weighted by atomic mass is 35.5. The first-order chi connectivity index (χ1) is 12.5.